The second-order valence-electron chi connectivity index (χ2n) is 6.91. The molecule has 0 bridgehead atoms. The molecule has 1 aromatic rings. The summed E-state index contributed by atoms with van der Waals surface area (Å²) < 4.78 is 0. The van der Waals surface area contributed by atoms with Gasteiger partial charge in [0.15, 0.2) is 0 Å². The van der Waals surface area contributed by atoms with Gasteiger partial charge in [0.2, 0.25) is 5.91 Å². The van der Waals surface area contributed by atoms with Crippen LogP contribution in [0.3, 0.4) is 0 Å². The Labute approximate surface area is 139 Å². The normalized spacial score (nSPS) is 20.1. The fourth-order valence-corrected chi connectivity index (χ4v) is 3.64. The lowest BCUT2D eigenvalue weighted by molar-refractivity contribution is -0.118. The fourth-order valence-electron chi connectivity index (χ4n) is 3.64. The summed E-state index contributed by atoms with van der Waals surface area (Å²) in [5, 5.41) is 3.16. The standard InChI is InChI=1S/C20H28N2O/c23-20(21-15-17-7-3-1-4-8-17)19-11-13-22(14-12-19)16-18-9-5-2-6-10-18/h2,5-6,9-11,17H,1,3-4,7-8,12-16H2,(H,21,23). The first-order chi connectivity index (χ1) is 11.3. The van der Waals surface area contributed by atoms with Crippen LogP contribution < -0.4 is 5.32 Å². The molecule has 0 unspecified atom stereocenters. The number of nitrogens with zero attached hydrogens (tertiary/aromatic N) is 1. The Kier molecular flexibility index (Phi) is 5.87. The summed E-state index contributed by atoms with van der Waals surface area (Å²) in [6.45, 7) is 3.68. The molecule has 0 saturated heterocycles. The molecule has 0 spiro atoms. The summed E-state index contributed by atoms with van der Waals surface area (Å²) in [5.41, 5.74) is 2.32. The van der Waals surface area contributed by atoms with Gasteiger partial charge in [0, 0.05) is 31.8 Å². The van der Waals surface area contributed by atoms with Crippen LogP contribution in [0.2, 0.25) is 0 Å². The van der Waals surface area contributed by atoms with Crippen molar-refractivity contribution < 1.29 is 4.79 Å². The van der Waals surface area contributed by atoms with Gasteiger partial charge in [0.25, 0.3) is 0 Å². The highest BCUT2D eigenvalue weighted by Gasteiger charge is 2.19. The van der Waals surface area contributed by atoms with E-state index in [1.807, 2.05) is 6.07 Å². The van der Waals surface area contributed by atoms with Crippen molar-refractivity contribution in [3.05, 3.63) is 47.5 Å². The molecule has 124 valence electrons. The van der Waals surface area contributed by atoms with Gasteiger partial charge >= 0.3 is 0 Å². The molecule has 3 heteroatoms. The summed E-state index contributed by atoms with van der Waals surface area (Å²) in [5.74, 6) is 0.862. The summed E-state index contributed by atoms with van der Waals surface area (Å²) in [6.07, 6.45) is 9.57. The maximum absolute atomic E-state index is 12.3. The van der Waals surface area contributed by atoms with Crippen molar-refractivity contribution in [3.8, 4) is 0 Å². The second kappa shape index (κ2) is 8.30. The van der Waals surface area contributed by atoms with Crippen molar-refractivity contribution in [1.82, 2.24) is 10.2 Å². The zero-order chi connectivity index (χ0) is 15.9. The van der Waals surface area contributed by atoms with E-state index in [-0.39, 0.29) is 5.91 Å². The molecule has 1 amide bonds. The van der Waals surface area contributed by atoms with Crippen molar-refractivity contribution >= 4 is 5.91 Å². The third-order valence-corrected chi connectivity index (χ3v) is 5.11. The number of amides is 1. The van der Waals surface area contributed by atoms with Crippen LogP contribution in [0.15, 0.2) is 42.0 Å². The van der Waals surface area contributed by atoms with Crippen molar-refractivity contribution in [2.24, 2.45) is 5.92 Å². The lowest BCUT2D eigenvalue weighted by Crippen LogP contribution is -2.35. The minimum Gasteiger partial charge on any atom is -0.352 e. The van der Waals surface area contributed by atoms with E-state index < -0.39 is 0 Å². The minimum atomic E-state index is 0.162. The molecule has 0 radical (unpaired) electrons. The van der Waals surface area contributed by atoms with Gasteiger partial charge < -0.3 is 5.32 Å². The number of carbonyl (C=O) groups excluding carboxylic acids is 1. The SMILES string of the molecule is O=C(NCC1CCCCC1)C1=CCN(Cc2ccccc2)CC1. The van der Waals surface area contributed by atoms with Gasteiger partial charge in [-0.3, -0.25) is 9.69 Å². The molecular formula is C20H28N2O. The van der Waals surface area contributed by atoms with E-state index in [2.05, 4.69) is 40.6 Å². The second-order valence-corrected chi connectivity index (χ2v) is 6.91. The summed E-state index contributed by atoms with van der Waals surface area (Å²) in [6, 6.07) is 10.5. The maximum Gasteiger partial charge on any atom is 0.246 e. The van der Waals surface area contributed by atoms with E-state index in [1.165, 1.54) is 37.7 Å². The van der Waals surface area contributed by atoms with Crippen molar-refractivity contribution in [2.75, 3.05) is 19.6 Å². The third-order valence-electron chi connectivity index (χ3n) is 5.11. The topological polar surface area (TPSA) is 32.3 Å². The van der Waals surface area contributed by atoms with E-state index in [9.17, 15) is 4.79 Å². The fraction of sp³-hybridized carbons (Fsp3) is 0.550. The van der Waals surface area contributed by atoms with Crippen LogP contribution in [-0.4, -0.2) is 30.4 Å². The first-order valence-electron chi connectivity index (χ1n) is 9.05. The Morgan fingerprint density at radius 1 is 1.13 bits per heavy atom. The van der Waals surface area contributed by atoms with Gasteiger partial charge in [-0.25, -0.2) is 0 Å². The van der Waals surface area contributed by atoms with Crippen LogP contribution in [0.25, 0.3) is 0 Å². The zero-order valence-electron chi connectivity index (χ0n) is 14.0. The van der Waals surface area contributed by atoms with Crippen LogP contribution >= 0.6 is 0 Å². The Balaban J connectivity index is 1.43. The van der Waals surface area contributed by atoms with Crippen LogP contribution in [0, 0.1) is 5.92 Å². The lowest BCUT2D eigenvalue weighted by atomic mass is 9.89. The largest absolute Gasteiger partial charge is 0.352 e. The Morgan fingerprint density at radius 2 is 1.91 bits per heavy atom. The maximum atomic E-state index is 12.3. The van der Waals surface area contributed by atoms with E-state index in [0.29, 0.717) is 5.92 Å². The van der Waals surface area contributed by atoms with Crippen molar-refractivity contribution in [2.45, 2.75) is 45.1 Å². The van der Waals surface area contributed by atoms with E-state index in [0.717, 1.165) is 38.2 Å². The first-order valence-corrected chi connectivity index (χ1v) is 9.05. The molecule has 1 aliphatic carbocycles. The Bertz CT molecular complexity index is 532. The monoisotopic (exact) mass is 312 g/mol. The van der Waals surface area contributed by atoms with Gasteiger partial charge in [-0.15, -0.1) is 0 Å². The van der Waals surface area contributed by atoms with Gasteiger partial charge in [0.1, 0.15) is 0 Å². The quantitative estimate of drug-likeness (QED) is 0.902. The number of hydrogen-bond donors (Lipinski definition) is 1. The van der Waals surface area contributed by atoms with Crippen molar-refractivity contribution in [1.29, 1.82) is 0 Å². The molecule has 3 rings (SSSR count). The Morgan fingerprint density at radius 3 is 2.61 bits per heavy atom. The predicted molar refractivity (Wildman–Crippen MR) is 94.0 cm³/mol. The minimum absolute atomic E-state index is 0.162. The molecule has 0 aromatic heterocycles. The molecule has 1 heterocycles. The number of rotatable bonds is 5. The molecule has 1 aromatic carbocycles. The highest BCUT2D eigenvalue weighted by atomic mass is 16.1. The zero-order valence-corrected chi connectivity index (χ0v) is 14.0. The molecule has 23 heavy (non-hydrogen) atoms. The van der Waals surface area contributed by atoms with Gasteiger partial charge in [-0.05, 0) is 30.7 Å². The molecular weight excluding hydrogens is 284 g/mol. The molecule has 1 saturated carbocycles. The number of nitrogens with one attached hydrogen (secondary N) is 1. The summed E-state index contributed by atoms with van der Waals surface area (Å²) >= 11 is 0. The Hall–Kier alpha value is -1.61. The van der Waals surface area contributed by atoms with E-state index in [1.54, 1.807) is 0 Å². The first kappa shape index (κ1) is 16.3. The average molecular weight is 312 g/mol. The summed E-state index contributed by atoms with van der Waals surface area (Å²) in [4.78, 5) is 14.7. The predicted octanol–water partition coefficient (Wildman–Crippen LogP) is 3.52. The van der Waals surface area contributed by atoms with Gasteiger partial charge in [0.05, 0.1) is 0 Å². The van der Waals surface area contributed by atoms with Crippen LogP contribution in [0.1, 0.15) is 44.1 Å². The van der Waals surface area contributed by atoms with E-state index >= 15 is 0 Å². The number of benzene rings is 1. The number of hydrogen-bond acceptors (Lipinski definition) is 2. The average Bonchev–Trinajstić information content (AvgIpc) is 2.62. The van der Waals surface area contributed by atoms with Crippen LogP contribution in [0.5, 0.6) is 0 Å². The van der Waals surface area contributed by atoms with Gasteiger partial charge in [-0.2, -0.15) is 0 Å². The highest BCUT2D eigenvalue weighted by molar-refractivity contribution is 5.93. The lowest BCUT2D eigenvalue weighted by Gasteiger charge is -2.26. The van der Waals surface area contributed by atoms with E-state index in [4.69, 9.17) is 0 Å². The molecule has 1 N–H and O–H groups in total. The molecule has 1 aliphatic heterocycles. The molecule has 1 fully saturated rings. The highest BCUT2D eigenvalue weighted by Crippen LogP contribution is 2.23. The number of carbonyl (C=O) groups is 1. The molecule has 0 atom stereocenters. The third kappa shape index (κ3) is 4.93. The van der Waals surface area contributed by atoms with Crippen LogP contribution in [-0.2, 0) is 11.3 Å². The smallest absolute Gasteiger partial charge is 0.246 e. The summed E-state index contributed by atoms with van der Waals surface area (Å²) in [7, 11) is 0. The van der Waals surface area contributed by atoms with Gasteiger partial charge in [-0.1, -0.05) is 55.7 Å². The van der Waals surface area contributed by atoms with Crippen molar-refractivity contribution in [3.63, 3.8) is 0 Å². The molecule has 3 nitrogen and oxygen atoms in total. The van der Waals surface area contributed by atoms with Crippen LogP contribution in [0.4, 0.5) is 0 Å². The molecule has 2 aliphatic rings.